The summed E-state index contributed by atoms with van der Waals surface area (Å²) in [6, 6.07) is 3.80. The Morgan fingerprint density at radius 2 is 1.56 bits per heavy atom. The number of hydrogen-bond donors (Lipinski definition) is 0. The molecule has 0 aromatic heterocycles. The number of carbonyl (C=O) groups is 2. The van der Waals surface area contributed by atoms with Gasteiger partial charge in [0, 0.05) is 13.1 Å². The first-order chi connectivity index (χ1) is 7.46. The molecule has 16 heavy (non-hydrogen) atoms. The number of hydrogen-bond acceptors (Lipinski definition) is 3. The van der Waals surface area contributed by atoms with Crippen molar-refractivity contribution in [3.63, 3.8) is 0 Å². The molecule has 0 radical (unpaired) electrons. The molecule has 5 heteroatoms. The summed E-state index contributed by atoms with van der Waals surface area (Å²) in [6.07, 6.45) is -0.573. The van der Waals surface area contributed by atoms with Gasteiger partial charge >= 0.3 is 6.09 Å². The monoisotopic (exact) mass is 245 g/mol. The molecule has 0 bridgehead atoms. The van der Waals surface area contributed by atoms with E-state index in [1.165, 1.54) is 14.2 Å². The quantitative estimate of drug-likeness (QED) is 0.700. The van der Waals surface area contributed by atoms with Gasteiger partial charge in [-0.3, -0.25) is 9.69 Å². The lowest BCUT2D eigenvalue weighted by atomic mass is 10.6. The third-order valence-corrected chi connectivity index (χ3v) is 9.15. The van der Waals surface area contributed by atoms with Crippen LogP contribution in [0.3, 0.4) is 0 Å². The zero-order chi connectivity index (χ0) is 12.8. The normalized spacial score (nSPS) is 11.1. The van der Waals surface area contributed by atoms with Gasteiger partial charge in [-0.05, 0) is 0 Å². The number of amides is 2. The number of nitrogens with zero attached hydrogens (tertiary/aromatic N) is 1. The summed E-state index contributed by atoms with van der Waals surface area (Å²) in [6.45, 7) is 6.43. The molecule has 0 aliphatic rings. The SMILES string of the molecule is CC[Si](CC)(CC)CC(=O)N(C)C(=O)OC. The summed E-state index contributed by atoms with van der Waals surface area (Å²) in [5.74, 6) is -0.107. The largest absolute Gasteiger partial charge is 0.452 e. The molecule has 4 nitrogen and oxygen atoms in total. The minimum atomic E-state index is -1.50. The fraction of sp³-hybridized carbons (Fsp3) is 0.818. The van der Waals surface area contributed by atoms with Gasteiger partial charge in [-0.15, -0.1) is 0 Å². The Morgan fingerprint density at radius 3 is 1.88 bits per heavy atom. The van der Waals surface area contributed by atoms with Crippen LogP contribution in [0.1, 0.15) is 20.8 Å². The molecule has 0 saturated heterocycles. The van der Waals surface area contributed by atoms with Crippen molar-refractivity contribution in [1.82, 2.24) is 4.90 Å². The summed E-state index contributed by atoms with van der Waals surface area (Å²) < 4.78 is 4.53. The Bertz CT molecular complexity index is 243. The Labute approximate surface area is 99.0 Å². The van der Waals surface area contributed by atoms with E-state index in [1.807, 2.05) is 0 Å². The maximum atomic E-state index is 11.9. The zero-order valence-corrected chi connectivity index (χ0v) is 12.0. The number of ether oxygens (including phenoxy) is 1. The molecule has 2 amide bonds. The molecular weight excluding hydrogens is 222 g/mol. The first kappa shape index (κ1) is 15.2. The van der Waals surface area contributed by atoms with E-state index >= 15 is 0 Å². The van der Waals surface area contributed by atoms with Gasteiger partial charge in [0.25, 0.3) is 0 Å². The average molecular weight is 245 g/mol. The van der Waals surface area contributed by atoms with E-state index in [0.29, 0.717) is 6.04 Å². The van der Waals surface area contributed by atoms with E-state index in [4.69, 9.17) is 0 Å². The van der Waals surface area contributed by atoms with Crippen LogP contribution in [0, 0.1) is 0 Å². The highest BCUT2D eigenvalue weighted by Gasteiger charge is 2.32. The first-order valence-corrected chi connectivity index (χ1v) is 8.63. The number of carbonyl (C=O) groups excluding carboxylic acids is 2. The molecule has 0 spiro atoms. The topological polar surface area (TPSA) is 46.6 Å². The molecule has 0 aliphatic carbocycles. The van der Waals surface area contributed by atoms with Gasteiger partial charge in [0.2, 0.25) is 5.91 Å². The maximum absolute atomic E-state index is 11.9. The first-order valence-electron chi connectivity index (χ1n) is 5.80. The predicted molar refractivity (Wildman–Crippen MR) is 67.2 cm³/mol. The fourth-order valence-corrected chi connectivity index (χ4v) is 4.93. The van der Waals surface area contributed by atoms with Crippen molar-refractivity contribution in [2.24, 2.45) is 0 Å². The standard InChI is InChI=1S/C11H23NO3Si/c1-6-16(7-2,8-3)9-10(13)12(4)11(14)15-5/h6-9H2,1-5H3. The zero-order valence-electron chi connectivity index (χ0n) is 11.0. The summed E-state index contributed by atoms with van der Waals surface area (Å²) in [7, 11) is 1.27. The van der Waals surface area contributed by atoms with Gasteiger partial charge in [0.1, 0.15) is 0 Å². The molecule has 0 aromatic carbocycles. The Hall–Kier alpha value is -0.843. The van der Waals surface area contributed by atoms with Crippen molar-refractivity contribution in [2.45, 2.75) is 44.9 Å². The van der Waals surface area contributed by atoms with Crippen LogP contribution < -0.4 is 0 Å². The highest BCUT2D eigenvalue weighted by Crippen LogP contribution is 2.25. The van der Waals surface area contributed by atoms with Crippen molar-refractivity contribution in [3.8, 4) is 0 Å². The second-order valence-corrected chi connectivity index (χ2v) is 9.64. The average Bonchev–Trinajstić information content (AvgIpc) is 2.33. The van der Waals surface area contributed by atoms with Crippen LogP contribution in [0.15, 0.2) is 0 Å². The summed E-state index contributed by atoms with van der Waals surface area (Å²) in [4.78, 5) is 24.2. The fourth-order valence-electron chi connectivity index (χ4n) is 1.80. The molecule has 0 atom stereocenters. The Balaban J connectivity index is 4.58. The van der Waals surface area contributed by atoms with E-state index in [9.17, 15) is 9.59 Å². The van der Waals surface area contributed by atoms with Gasteiger partial charge in [0.05, 0.1) is 15.2 Å². The van der Waals surface area contributed by atoms with E-state index in [1.54, 1.807) is 0 Å². The Kier molecular flexibility index (Phi) is 6.33. The molecule has 0 rings (SSSR count). The third kappa shape index (κ3) is 3.63. The number of imide groups is 1. The lowest BCUT2D eigenvalue weighted by molar-refractivity contribution is -0.126. The number of rotatable bonds is 5. The smallest absolute Gasteiger partial charge is 0.415 e. The predicted octanol–water partition coefficient (Wildman–Crippen LogP) is 2.72. The van der Waals surface area contributed by atoms with Gasteiger partial charge in [0.15, 0.2) is 0 Å². The summed E-state index contributed by atoms with van der Waals surface area (Å²) in [5.41, 5.74) is 0. The second-order valence-electron chi connectivity index (χ2n) is 4.16. The van der Waals surface area contributed by atoms with E-state index in [0.717, 1.165) is 23.0 Å². The van der Waals surface area contributed by atoms with Crippen molar-refractivity contribution in [3.05, 3.63) is 0 Å². The molecular formula is C11H23NO3Si. The third-order valence-electron chi connectivity index (χ3n) is 3.60. The second kappa shape index (κ2) is 6.68. The van der Waals surface area contributed by atoms with Crippen LogP contribution in [0.25, 0.3) is 0 Å². The van der Waals surface area contributed by atoms with E-state index in [2.05, 4.69) is 25.5 Å². The molecule has 0 N–H and O–H groups in total. The summed E-state index contributed by atoms with van der Waals surface area (Å²) >= 11 is 0. The van der Waals surface area contributed by atoms with Crippen molar-refractivity contribution >= 4 is 20.1 Å². The van der Waals surface area contributed by atoms with Gasteiger partial charge in [-0.25, -0.2) is 4.79 Å². The van der Waals surface area contributed by atoms with Gasteiger partial charge in [-0.2, -0.15) is 0 Å². The van der Waals surface area contributed by atoms with Crippen LogP contribution in [0.4, 0.5) is 4.79 Å². The molecule has 0 saturated carbocycles. The van der Waals surface area contributed by atoms with Gasteiger partial charge in [-0.1, -0.05) is 38.9 Å². The lowest BCUT2D eigenvalue weighted by Crippen LogP contribution is -2.41. The van der Waals surface area contributed by atoms with Crippen LogP contribution in [0.2, 0.25) is 24.2 Å². The van der Waals surface area contributed by atoms with Crippen molar-refractivity contribution in [1.29, 1.82) is 0 Å². The lowest BCUT2D eigenvalue weighted by Gasteiger charge is -2.28. The van der Waals surface area contributed by atoms with Crippen molar-refractivity contribution in [2.75, 3.05) is 14.2 Å². The maximum Gasteiger partial charge on any atom is 0.415 e. The highest BCUT2D eigenvalue weighted by molar-refractivity contribution is 6.82. The van der Waals surface area contributed by atoms with E-state index < -0.39 is 14.2 Å². The molecule has 0 fully saturated rings. The van der Waals surface area contributed by atoms with Crippen LogP contribution >= 0.6 is 0 Å². The van der Waals surface area contributed by atoms with Crippen LogP contribution in [-0.2, 0) is 9.53 Å². The summed E-state index contributed by atoms with van der Waals surface area (Å²) in [5, 5.41) is 0. The highest BCUT2D eigenvalue weighted by atomic mass is 28.3. The minimum Gasteiger partial charge on any atom is -0.452 e. The van der Waals surface area contributed by atoms with Crippen molar-refractivity contribution < 1.29 is 14.3 Å². The molecule has 0 aromatic rings. The van der Waals surface area contributed by atoms with E-state index in [-0.39, 0.29) is 5.91 Å². The molecule has 94 valence electrons. The number of methoxy groups -OCH3 is 1. The molecule has 0 heterocycles. The molecule has 0 aliphatic heterocycles. The minimum absolute atomic E-state index is 0.107. The Morgan fingerprint density at radius 1 is 1.12 bits per heavy atom. The van der Waals surface area contributed by atoms with Crippen LogP contribution in [-0.4, -0.2) is 39.1 Å². The van der Waals surface area contributed by atoms with Gasteiger partial charge < -0.3 is 4.74 Å². The van der Waals surface area contributed by atoms with Crippen LogP contribution in [0.5, 0.6) is 0 Å². The molecule has 0 unspecified atom stereocenters.